The maximum Gasteiger partial charge on any atom is 0.270 e. The molecule has 10 nitrogen and oxygen atoms in total. The molecule has 3 aromatic rings. The predicted octanol–water partition coefficient (Wildman–Crippen LogP) is 2.79. The molecule has 0 aliphatic carbocycles. The maximum atomic E-state index is 12.9. The van der Waals surface area contributed by atoms with Gasteiger partial charge in [0, 0.05) is 6.54 Å². The first-order valence-corrected chi connectivity index (χ1v) is 11.5. The van der Waals surface area contributed by atoms with Crippen LogP contribution in [-0.4, -0.2) is 31.1 Å². The summed E-state index contributed by atoms with van der Waals surface area (Å²) in [4.78, 5) is 28.9. The molecule has 0 unspecified atom stereocenters. The fraction of sp³-hybridized carbons (Fsp3) is 0.300. The van der Waals surface area contributed by atoms with Gasteiger partial charge in [-0.05, 0) is 44.5 Å². The number of phenols is 1. The minimum absolute atomic E-state index is 0.00168. The number of hydroxylamine groups is 1. The summed E-state index contributed by atoms with van der Waals surface area (Å²) in [5, 5.41) is 16.0. The lowest BCUT2D eigenvalue weighted by Crippen LogP contribution is -2.37. The van der Waals surface area contributed by atoms with E-state index in [4.69, 9.17) is 20.9 Å². The van der Waals surface area contributed by atoms with Crippen molar-refractivity contribution in [2.24, 2.45) is 0 Å². The zero-order valence-corrected chi connectivity index (χ0v) is 18.7. The molecular formula is C20H20ClN3O7S. The largest absolute Gasteiger partial charge is 0.504 e. The summed E-state index contributed by atoms with van der Waals surface area (Å²) in [5.74, 6) is 0.565. The lowest BCUT2D eigenvalue weighted by molar-refractivity contribution is -0.0285. The Labute approximate surface area is 188 Å². The minimum Gasteiger partial charge on any atom is -0.504 e. The predicted molar refractivity (Wildman–Crippen MR) is 118 cm³/mol. The highest BCUT2D eigenvalue weighted by Gasteiger charge is 2.35. The molecule has 1 atom stereocenters. The maximum absolute atomic E-state index is 12.9. The lowest BCUT2D eigenvalue weighted by Gasteiger charge is -2.20. The van der Waals surface area contributed by atoms with Crippen LogP contribution in [0.5, 0.6) is 5.75 Å². The Morgan fingerprint density at radius 1 is 1.16 bits per heavy atom. The SMILES string of the molecule is Cc1ccc([C@@H](C)Nc2c(Nc3ccc(Cl)c(S(=O)(=O)N4CCCO4)c3O)c(=O)c2=O)o1. The first-order chi connectivity index (χ1) is 15.1. The lowest BCUT2D eigenvalue weighted by atomic mass is 10.1. The summed E-state index contributed by atoms with van der Waals surface area (Å²) in [6.07, 6.45) is 0.501. The third kappa shape index (κ3) is 3.77. The third-order valence-electron chi connectivity index (χ3n) is 5.05. The standard InChI is InChI=1S/C20H20ClN3O7S/c1-10-4-7-14(31-10)11(2)22-15-16(19(27)18(15)26)23-13-6-5-12(21)20(17(13)25)32(28,29)24-8-3-9-30-24/h4-7,11,22-23,25H,3,8-9H2,1-2H3/t11-/m1/s1. The van der Waals surface area contributed by atoms with Crippen LogP contribution in [0, 0.1) is 6.92 Å². The van der Waals surface area contributed by atoms with Gasteiger partial charge in [0.2, 0.25) is 0 Å². The number of hydrogen-bond acceptors (Lipinski definition) is 9. The molecular weight excluding hydrogens is 462 g/mol. The summed E-state index contributed by atoms with van der Waals surface area (Å²) >= 11 is 6.06. The third-order valence-corrected chi connectivity index (χ3v) is 7.23. The molecule has 1 fully saturated rings. The van der Waals surface area contributed by atoms with E-state index in [1.165, 1.54) is 12.1 Å². The molecule has 0 saturated carbocycles. The van der Waals surface area contributed by atoms with Gasteiger partial charge in [-0.25, -0.2) is 8.42 Å². The fourth-order valence-electron chi connectivity index (χ4n) is 3.37. The van der Waals surface area contributed by atoms with Crippen molar-refractivity contribution in [3.8, 4) is 5.75 Å². The number of rotatable bonds is 7. The molecule has 1 aromatic heterocycles. The summed E-state index contributed by atoms with van der Waals surface area (Å²) in [6, 6.07) is 5.66. The number of nitrogens with one attached hydrogen (secondary N) is 2. The van der Waals surface area contributed by atoms with Crippen LogP contribution in [0.4, 0.5) is 17.1 Å². The van der Waals surface area contributed by atoms with Crippen molar-refractivity contribution in [2.45, 2.75) is 31.2 Å². The number of nitrogens with zero attached hydrogens (tertiary/aromatic N) is 1. The molecule has 4 rings (SSSR count). The van der Waals surface area contributed by atoms with Crippen molar-refractivity contribution in [3.63, 3.8) is 0 Å². The van der Waals surface area contributed by atoms with Crippen LogP contribution in [0.1, 0.15) is 30.9 Å². The van der Waals surface area contributed by atoms with Gasteiger partial charge in [0.25, 0.3) is 20.9 Å². The van der Waals surface area contributed by atoms with Crippen LogP contribution < -0.4 is 21.5 Å². The van der Waals surface area contributed by atoms with Gasteiger partial charge in [-0.15, -0.1) is 0 Å². The average molecular weight is 482 g/mol. The number of halogens is 1. The number of aryl methyl sites for hydroxylation is 1. The second-order valence-corrected chi connectivity index (χ2v) is 9.51. The van der Waals surface area contributed by atoms with Crippen LogP contribution in [0.25, 0.3) is 0 Å². The van der Waals surface area contributed by atoms with Gasteiger partial charge in [-0.3, -0.25) is 14.4 Å². The molecule has 1 saturated heterocycles. The molecule has 2 heterocycles. The molecule has 0 amide bonds. The van der Waals surface area contributed by atoms with Gasteiger partial charge in [-0.1, -0.05) is 16.1 Å². The number of sulfonamides is 1. The van der Waals surface area contributed by atoms with Crippen LogP contribution in [0.15, 0.2) is 43.2 Å². The van der Waals surface area contributed by atoms with Crippen molar-refractivity contribution in [2.75, 3.05) is 23.8 Å². The summed E-state index contributed by atoms with van der Waals surface area (Å²) in [7, 11) is -4.24. The number of anilines is 3. The number of benzene rings is 1. The van der Waals surface area contributed by atoms with E-state index in [0.717, 1.165) is 4.47 Å². The number of aromatic hydroxyl groups is 1. The summed E-state index contributed by atoms with van der Waals surface area (Å²) in [5.41, 5.74) is -1.77. The van der Waals surface area contributed by atoms with Gasteiger partial charge in [-0.2, -0.15) is 0 Å². The molecule has 3 N–H and O–H groups in total. The molecule has 170 valence electrons. The topological polar surface area (TPSA) is 138 Å². The summed E-state index contributed by atoms with van der Waals surface area (Å²) < 4.78 is 32.0. The highest BCUT2D eigenvalue weighted by atomic mass is 35.5. The average Bonchev–Trinajstić information content (AvgIpc) is 3.44. The van der Waals surface area contributed by atoms with E-state index in [-0.39, 0.29) is 35.2 Å². The highest BCUT2D eigenvalue weighted by Crippen LogP contribution is 2.40. The first kappa shape index (κ1) is 22.3. The Balaban J connectivity index is 1.65. The van der Waals surface area contributed by atoms with Crippen LogP contribution >= 0.6 is 11.6 Å². The quantitative estimate of drug-likeness (QED) is 0.343. The van der Waals surface area contributed by atoms with Gasteiger partial charge in [0.15, 0.2) is 5.75 Å². The smallest absolute Gasteiger partial charge is 0.270 e. The van der Waals surface area contributed by atoms with Crippen molar-refractivity contribution >= 4 is 38.7 Å². The van der Waals surface area contributed by atoms with Gasteiger partial charge in [0.1, 0.15) is 27.8 Å². The molecule has 32 heavy (non-hydrogen) atoms. The van der Waals surface area contributed by atoms with Gasteiger partial charge >= 0.3 is 0 Å². The fourth-order valence-corrected chi connectivity index (χ4v) is 5.27. The van der Waals surface area contributed by atoms with Crippen molar-refractivity contribution in [1.29, 1.82) is 0 Å². The van der Waals surface area contributed by atoms with E-state index in [0.29, 0.717) is 17.9 Å². The Kier molecular flexibility index (Phi) is 5.76. The van der Waals surface area contributed by atoms with Crippen LogP contribution in [0.2, 0.25) is 5.02 Å². The van der Waals surface area contributed by atoms with Crippen LogP contribution in [0.3, 0.4) is 0 Å². The molecule has 1 aliphatic rings. The first-order valence-electron chi connectivity index (χ1n) is 9.71. The number of furan rings is 1. The van der Waals surface area contributed by atoms with E-state index in [2.05, 4.69) is 10.6 Å². The van der Waals surface area contributed by atoms with Crippen molar-refractivity contribution in [1.82, 2.24) is 4.47 Å². The van der Waals surface area contributed by atoms with E-state index in [9.17, 15) is 23.1 Å². The van der Waals surface area contributed by atoms with E-state index >= 15 is 0 Å². The van der Waals surface area contributed by atoms with E-state index in [1.807, 2.05) is 0 Å². The Morgan fingerprint density at radius 3 is 2.50 bits per heavy atom. The zero-order chi connectivity index (χ0) is 23.2. The Morgan fingerprint density at radius 2 is 1.88 bits per heavy atom. The molecule has 0 spiro atoms. The Hall–Kier alpha value is -2.86. The molecule has 12 heteroatoms. The molecule has 2 aromatic carbocycles. The molecule has 0 bridgehead atoms. The molecule has 0 radical (unpaired) electrons. The Bertz CT molecular complexity index is 1350. The second kappa shape index (κ2) is 8.24. The minimum atomic E-state index is -4.24. The number of hydrogen-bond donors (Lipinski definition) is 3. The number of phenolic OH excluding ortho intramolecular Hbond substituents is 1. The van der Waals surface area contributed by atoms with Crippen LogP contribution in [-0.2, 0) is 14.9 Å². The normalized spacial score (nSPS) is 15.8. The molecule has 1 aliphatic heterocycles. The van der Waals surface area contributed by atoms with Gasteiger partial charge in [0.05, 0.1) is 23.4 Å². The van der Waals surface area contributed by atoms with Crippen molar-refractivity contribution < 1.29 is 22.8 Å². The highest BCUT2D eigenvalue weighted by molar-refractivity contribution is 7.89. The van der Waals surface area contributed by atoms with E-state index in [1.54, 1.807) is 26.0 Å². The summed E-state index contributed by atoms with van der Waals surface area (Å²) in [6.45, 7) is 3.87. The monoisotopic (exact) mass is 481 g/mol. The van der Waals surface area contributed by atoms with Gasteiger partial charge < -0.3 is 20.2 Å². The van der Waals surface area contributed by atoms with E-state index < -0.39 is 37.6 Å². The zero-order valence-electron chi connectivity index (χ0n) is 17.1. The second-order valence-electron chi connectivity index (χ2n) is 7.34. The van der Waals surface area contributed by atoms with Crippen molar-refractivity contribution in [3.05, 3.63) is 61.3 Å².